The lowest BCUT2D eigenvalue weighted by Crippen LogP contribution is -2.41. The summed E-state index contributed by atoms with van der Waals surface area (Å²) in [6, 6.07) is 0. The molecule has 0 spiro atoms. The fraction of sp³-hybridized carbons (Fsp3) is 1.00. The Bertz CT molecular complexity index is 59.5. The van der Waals surface area contributed by atoms with Crippen LogP contribution in [0.25, 0.3) is 0 Å². The number of hydrogen-bond acceptors (Lipinski definition) is 2. The van der Waals surface area contributed by atoms with Crippen molar-refractivity contribution < 1.29 is 0 Å². The molecule has 0 bridgehead atoms. The quantitative estimate of drug-likeness (QED) is 0.532. The summed E-state index contributed by atoms with van der Waals surface area (Å²) < 4.78 is 0. The Kier molecular flexibility index (Phi) is 3.02. The van der Waals surface area contributed by atoms with Crippen molar-refractivity contribution in [3.8, 4) is 0 Å². The highest BCUT2D eigenvalue weighted by atomic mass is 15.0. The molecule has 0 fully saturated rings. The zero-order valence-electron chi connectivity index (χ0n) is 5.99. The number of nitrogens with two attached hydrogens (primary N) is 1. The highest BCUT2D eigenvalue weighted by Gasteiger charge is 2.10. The van der Waals surface area contributed by atoms with Crippen molar-refractivity contribution in [1.29, 1.82) is 0 Å². The predicted octanol–water partition coefficient (Wildman–Crippen LogP) is 0.681. The van der Waals surface area contributed by atoms with Crippen LogP contribution in [0.5, 0.6) is 0 Å². The van der Waals surface area contributed by atoms with Gasteiger partial charge in [0.1, 0.15) is 0 Å². The average molecular weight is 116 g/mol. The second-order valence-electron chi connectivity index (χ2n) is 2.62. The van der Waals surface area contributed by atoms with E-state index in [9.17, 15) is 0 Å². The van der Waals surface area contributed by atoms with Gasteiger partial charge in [-0.25, -0.2) is 0 Å². The van der Waals surface area contributed by atoms with Gasteiger partial charge in [-0.2, -0.15) is 0 Å². The zero-order valence-corrected chi connectivity index (χ0v) is 5.99. The normalized spacial score (nSPS) is 12.0. The number of rotatable bonds is 3. The lowest BCUT2D eigenvalue weighted by atomic mass is 10.0. The van der Waals surface area contributed by atoms with Gasteiger partial charge in [-0.3, -0.25) is 5.32 Å². The first-order valence-corrected chi connectivity index (χ1v) is 3.07. The predicted molar refractivity (Wildman–Crippen MR) is 36.6 cm³/mol. The minimum absolute atomic E-state index is 0.217. The maximum Gasteiger partial charge on any atom is 0.0432 e. The monoisotopic (exact) mass is 116 g/mol. The molecule has 0 radical (unpaired) electrons. The molecule has 0 aromatic carbocycles. The Balaban J connectivity index is 3.37. The van der Waals surface area contributed by atoms with E-state index in [0.717, 1.165) is 6.42 Å². The second-order valence-corrected chi connectivity index (χ2v) is 2.62. The van der Waals surface area contributed by atoms with Crippen molar-refractivity contribution in [3.05, 3.63) is 0 Å². The van der Waals surface area contributed by atoms with Gasteiger partial charge in [0.2, 0.25) is 0 Å². The van der Waals surface area contributed by atoms with Crippen LogP contribution in [-0.4, -0.2) is 12.2 Å². The van der Waals surface area contributed by atoms with Crippen LogP contribution in [0.3, 0.4) is 0 Å². The fourth-order valence-electron chi connectivity index (χ4n) is 0.401. The smallest absolute Gasteiger partial charge is 0.0432 e. The molecular weight excluding hydrogens is 100 g/mol. The highest BCUT2D eigenvalue weighted by Crippen LogP contribution is 2.04. The van der Waals surface area contributed by atoms with Crippen molar-refractivity contribution in [2.45, 2.75) is 32.7 Å². The first-order chi connectivity index (χ1) is 3.62. The van der Waals surface area contributed by atoms with E-state index >= 15 is 0 Å². The summed E-state index contributed by atoms with van der Waals surface area (Å²) in [6.07, 6.45) is 1.12. The van der Waals surface area contributed by atoms with Crippen molar-refractivity contribution >= 4 is 0 Å². The summed E-state index contributed by atoms with van der Waals surface area (Å²) in [4.78, 5) is 0. The topological polar surface area (TPSA) is 38.0 Å². The van der Waals surface area contributed by atoms with E-state index in [4.69, 9.17) is 5.73 Å². The van der Waals surface area contributed by atoms with E-state index in [1.165, 1.54) is 0 Å². The van der Waals surface area contributed by atoms with Gasteiger partial charge in [-0.05, 0) is 20.3 Å². The zero-order chi connectivity index (χ0) is 6.62. The van der Waals surface area contributed by atoms with Gasteiger partial charge < -0.3 is 5.73 Å². The van der Waals surface area contributed by atoms with Gasteiger partial charge in [0.05, 0.1) is 0 Å². The minimum atomic E-state index is 0.217. The largest absolute Gasteiger partial charge is 0.318 e. The standard InChI is InChI=1S/C6H16N2/c1-4-6(2,3)8-5-7/h8H,4-5,7H2,1-3H3. The molecule has 2 nitrogen and oxygen atoms in total. The van der Waals surface area contributed by atoms with Crippen molar-refractivity contribution in [2.24, 2.45) is 5.73 Å². The molecule has 3 N–H and O–H groups in total. The molecule has 0 atom stereocenters. The summed E-state index contributed by atoms with van der Waals surface area (Å²) >= 11 is 0. The lowest BCUT2D eigenvalue weighted by molar-refractivity contribution is 0.383. The second kappa shape index (κ2) is 3.05. The molecule has 0 saturated heterocycles. The van der Waals surface area contributed by atoms with Crippen LogP contribution in [0.1, 0.15) is 27.2 Å². The van der Waals surface area contributed by atoms with Gasteiger partial charge >= 0.3 is 0 Å². The maximum absolute atomic E-state index is 5.28. The maximum atomic E-state index is 5.28. The molecule has 0 aromatic heterocycles. The Morgan fingerprint density at radius 1 is 1.50 bits per heavy atom. The van der Waals surface area contributed by atoms with Gasteiger partial charge in [0.25, 0.3) is 0 Å². The molecule has 0 aliphatic carbocycles. The van der Waals surface area contributed by atoms with Crippen LogP contribution < -0.4 is 11.1 Å². The lowest BCUT2D eigenvalue weighted by Gasteiger charge is -2.22. The van der Waals surface area contributed by atoms with Crippen LogP contribution in [0, 0.1) is 0 Å². The molecular formula is C6H16N2. The van der Waals surface area contributed by atoms with E-state index in [0.29, 0.717) is 6.67 Å². The molecule has 0 aliphatic rings. The first-order valence-electron chi connectivity index (χ1n) is 3.07. The van der Waals surface area contributed by atoms with Gasteiger partial charge in [-0.15, -0.1) is 0 Å². The van der Waals surface area contributed by atoms with Crippen LogP contribution in [0.2, 0.25) is 0 Å². The van der Waals surface area contributed by atoms with Crippen LogP contribution >= 0.6 is 0 Å². The van der Waals surface area contributed by atoms with Gasteiger partial charge in [-0.1, -0.05) is 6.92 Å². The van der Waals surface area contributed by atoms with Crippen molar-refractivity contribution in [2.75, 3.05) is 6.67 Å². The van der Waals surface area contributed by atoms with Crippen LogP contribution in [0.15, 0.2) is 0 Å². The first kappa shape index (κ1) is 7.92. The third-order valence-corrected chi connectivity index (χ3v) is 1.46. The van der Waals surface area contributed by atoms with Crippen LogP contribution in [-0.2, 0) is 0 Å². The molecule has 0 aliphatic heterocycles. The summed E-state index contributed by atoms with van der Waals surface area (Å²) in [5.41, 5.74) is 5.50. The van der Waals surface area contributed by atoms with Gasteiger partial charge in [0.15, 0.2) is 0 Å². The SMILES string of the molecule is CCC(C)(C)NCN. The summed E-state index contributed by atoms with van der Waals surface area (Å²) in [6.45, 7) is 6.99. The Labute approximate surface area is 51.5 Å². The van der Waals surface area contributed by atoms with E-state index in [1.54, 1.807) is 0 Å². The third-order valence-electron chi connectivity index (χ3n) is 1.46. The Morgan fingerprint density at radius 3 is 2.12 bits per heavy atom. The van der Waals surface area contributed by atoms with Crippen molar-refractivity contribution in [3.63, 3.8) is 0 Å². The van der Waals surface area contributed by atoms with E-state index < -0.39 is 0 Å². The highest BCUT2D eigenvalue weighted by molar-refractivity contribution is 4.72. The fourth-order valence-corrected chi connectivity index (χ4v) is 0.401. The molecule has 2 heteroatoms. The van der Waals surface area contributed by atoms with Crippen molar-refractivity contribution in [1.82, 2.24) is 5.32 Å². The third kappa shape index (κ3) is 2.99. The summed E-state index contributed by atoms with van der Waals surface area (Å²) in [7, 11) is 0. The van der Waals surface area contributed by atoms with E-state index in [1.807, 2.05) is 0 Å². The van der Waals surface area contributed by atoms with E-state index in [2.05, 4.69) is 26.1 Å². The number of hydrogen-bond donors (Lipinski definition) is 2. The Hall–Kier alpha value is -0.0800. The molecule has 8 heavy (non-hydrogen) atoms. The molecule has 0 saturated carbocycles. The molecule has 0 amide bonds. The molecule has 0 unspecified atom stereocenters. The van der Waals surface area contributed by atoms with Crippen LogP contribution in [0.4, 0.5) is 0 Å². The molecule has 0 heterocycles. The molecule has 50 valence electrons. The minimum Gasteiger partial charge on any atom is -0.318 e. The summed E-state index contributed by atoms with van der Waals surface area (Å²) in [5, 5.41) is 3.15. The van der Waals surface area contributed by atoms with E-state index in [-0.39, 0.29) is 5.54 Å². The Morgan fingerprint density at radius 2 is 2.00 bits per heavy atom. The molecule has 0 rings (SSSR count). The molecule has 0 aromatic rings. The van der Waals surface area contributed by atoms with Gasteiger partial charge in [0, 0.05) is 12.2 Å². The number of nitrogens with one attached hydrogen (secondary N) is 1. The average Bonchev–Trinajstić information content (AvgIpc) is 1.67. The summed E-state index contributed by atoms with van der Waals surface area (Å²) in [5.74, 6) is 0.